The molecule has 2 saturated carbocycles. The molecule has 26 heavy (non-hydrogen) atoms. The van der Waals surface area contributed by atoms with Crippen molar-refractivity contribution >= 4 is 5.91 Å². The highest BCUT2D eigenvalue weighted by molar-refractivity contribution is 5.81. The molecule has 4 rings (SSSR count). The Morgan fingerprint density at radius 2 is 1.96 bits per heavy atom. The monoisotopic (exact) mass is 368 g/mol. The Kier molecular flexibility index (Phi) is 5.78. The molecule has 8 atom stereocenters. The fourth-order valence-electron chi connectivity index (χ4n) is 5.16. The van der Waals surface area contributed by atoms with Gasteiger partial charge >= 0.3 is 0 Å². The Morgan fingerprint density at radius 1 is 1.12 bits per heavy atom. The van der Waals surface area contributed by atoms with Gasteiger partial charge in [-0.3, -0.25) is 19.8 Å². The maximum absolute atomic E-state index is 12.5. The van der Waals surface area contributed by atoms with Crippen molar-refractivity contribution in [2.24, 2.45) is 17.8 Å². The second-order valence-electron chi connectivity index (χ2n) is 8.15. The van der Waals surface area contributed by atoms with Crippen molar-refractivity contribution < 1.29 is 19.2 Å². The number of carbonyl (C=O) groups excluding carboxylic acids is 1. The summed E-state index contributed by atoms with van der Waals surface area (Å²) in [4.78, 5) is 23.4. The zero-order valence-electron chi connectivity index (χ0n) is 15.7. The van der Waals surface area contributed by atoms with Crippen LogP contribution in [0.15, 0.2) is 0 Å². The summed E-state index contributed by atoms with van der Waals surface area (Å²) in [6.07, 6.45) is 7.08. The van der Waals surface area contributed by atoms with E-state index in [1.807, 2.05) is 0 Å². The number of hydroxylamine groups is 2. The molecule has 8 nitrogen and oxygen atoms in total. The zero-order chi connectivity index (χ0) is 18.1. The van der Waals surface area contributed by atoms with Crippen LogP contribution < -0.4 is 21.6 Å². The molecule has 4 fully saturated rings. The quantitative estimate of drug-likeness (QED) is 0.569. The Labute approximate surface area is 155 Å². The number of methoxy groups -OCH3 is 1. The third-order valence-corrected chi connectivity index (χ3v) is 6.67. The first-order chi connectivity index (χ1) is 12.7. The first kappa shape index (κ1) is 18.6. The lowest BCUT2D eigenvalue weighted by Crippen LogP contribution is -2.47. The normalized spacial score (nSPS) is 45.6. The number of carbonyl (C=O) groups is 1. The average molecular weight is 368 g/mol. The maximum atomic E-state index is 12.5. The fourth-order valence-corrected chi connectivity index (χ4v) is 5.16. The number of nitrogens with one attached hydrogen (secondary N) is 4. The molecule has 8 heteroatoms. The summed E-state index contributed by atoms with van der Waals surface area (Å²) in [7, 11) is 1.61. The highest BCUT2D eigenvalue weighted by Gasteiger charge is 2.44. The summed E-state index contributed by atoms with van der Waals surface area (Å²) in [6.45, 7) is 2.13. The molecule has 7 unspecified atom stereocenters. The van der Waals surface area contributed by atoms with Crippen molar-refractivity contribution in [1.82, 2.24) is 21.6 Å². The van der Waals surface area contributed by atoms with E-state index in [0.29, 0.717) is 24.2 Å². The van der Waals surface area contributed by atoms with Crippen LogP contribution in [0.25, 0.3) is 0 Å². The Balaban J connectivity index is 1.27. The van der Waals surface area contributed by atoms with Crippen molar-refractivity contribution in [3.8, 4) is 0 Å². The van der Waals surface area contributed by atoms with Crippen LogP contribution >= 0.6 is 0 Å². The first-order valence-corrected chi connectivity index (χ1v) is 10.1. The SMILES string of the molecule is CCC1NC(C2CCC3C(CC[C@H]3NC(=O)C3CC(OC)NO3)C2)NO1. The van der Waals surface area contributed by atoms with E-state index in [9.17, 15) is 4.79 Å². The van der Waals surface area contributed by atoms with Gasteiger partial charge in [0.25, 0.3) is 5.91 Å². The number of fused-ring (bicyclic) bond motifs is 1. The van der Waals surface area contributed by atoms with E-state index in [4.69, 9.17) is 14.4 Å². The Morgan fingerprint density at radius 3 is 2.69 bits per heavy atom. The topological polar surface area (TPSA) is 92.9 Å². The molecule has 0 spiro atoms. The van der Waals surface area contributed by atoms with Gasteiger partial charge in [-0.1, -0.05) is 6.92 Å². The second-order valence-corrected chi connectivity index (χ2v) is 8.15. The van der Waals surface area contributed by atoms with Crippen LogP contribution in [0.5, 0.6) is 0 Å². The van der Waals surface area contributed by atoms with Crippen molar-refractivity contribution in [3.05, 3.63) is 0 Å². The molecule has 2 aliphatic carbocycles. The van der Waals surface area contributed by atoms with Gasteiger partial charge in [0.15, 0.2) is 6.10 Å². The maximum Gasteiger partial charge on any atom is 0.251 e. The molecule has 1 amide bonds. The van der Waals surface area contributed by atoms with E-state index >= 15 is 0 Å². The summed E-state index contributed by atoms with van der Waals surface area (Å²) in [5, 5.41) is 6.79. The van der Waals surface area contributed by atoms with Crippen LogP contribution in [0.2, 0.25) is 0 Å². The lowest BCUT2D eigenvalue weighted by Gasteiger charge is -2.36. The molecule has 0 aromatic carbocycles. The molecular formula is C18H32N4O4. The lowest BCUT2D eigenvalue weighted by atomic mass is 9.74. The smallest absolute Gasteiger partial charge is 0.251 e. The van der Waals surface area contributed by atoms with Gasteiger partial charge in [0, 0.05) is 19.6 Å². The van der Waals surface area contributed by atoms with Gasteiger partial charge in [-0.2, -0.15) is 11.0 Å². The molecule has 4 N–H and O–H groups in total. The fraction of sp³-hybridized carbons (Fsp3) is 0.944. The number of amides is 1. The molecule has 2 heterocycles. The van der Waals surface area contributed by atoms with Crippen LogP contribution in [0.1, 0.15) is 51.9 Å². The van der Waals surface area contributed by atoms with E-state index in [-0.39, 0.29) is 30.6 Å². The first-order valence-electron chi connectivity index (χ1n) is 10.1. The van der Waals surface area contributed by atoms with Crippen LogP contribution in [0, 0.1) is 17.8 Å². The van der Waals surface area contributed by atoms with E-state index < -0.39 is 6.10 Å². The molecule has 0 bridgehead atoms. The third-order valence-electron chi connectivity index (χ3n) is 6.67. The van der Waals surface area contributed by atoms with Gasteiger partial charge in [0.05, 0.1) is 6.17 Å². The van der Waals surface area contributed by atoms with Crippen molar-refractivity contribution in [2.75, 3.05) is 7.11 Å². The molecular weight excluding hydrogens is 336 g/mol. The predicted molar refractivity (Wildman–Crippen MR) is 94.1 cm³/mol. The predicted octanol–water partition coefficient (Wildman–Crippen LogP) is 0.750. The van der Waals surface area contributed by atoms with Gasteiger partial charge in [-0.05, 0) is 56.3 Å². The van der Waals surface area contributed by atoms with Crippen molar-refractivity contribution in [1.29, 1.82) is 0 Å². The number of hydrogen-bond acceptors (Lipinski definition) is 7. The van der Waals surface area contributed by atoms with Gasteiger partial charge in [-0.15, -0.1) is 0 Å². The minimum atomic E-state index is -0.453. The van der Waals surface area contributed by atoms with E-state index in [2.05, 4.69) is 28.5 Å². The molecule has 0 aromatic heterocycles. The summed E-state index contributed by atoms with van der Waals surface area (Å²) in [5.41, 5.74) is 5.94. The highest BCUT2D eigenvalue weighted by Crippen LogP contribution is 2.45. The van der Waals surface area contributed by atoms with Gasteiger partial charge < -0.3 is 10.1 Å². The van der Waals surface area contributed by atoms with Crippen molar-refractivity contribution in [2.45, 2.75) is 82.6 Å². The van der Waals surface area contributed by atoms with Crippen molar-refractivity contribution in [3.63, 3.8) is 0 Å². The standard InChI is InChI=1S/C18H32N4O4/c1-3-15-20-17(22-26-15)11-4-6-12-10(8-11)5-7-13(12)19-18(23)14-9-16(24-2)21-25-14/h10-17,20-22H,3-9H2,1-2H3,(H,19,23)/t10?,11?,12?,13-,14?,15?,16?,17?/m1/s1. The zero-order valence-corrected chi connectivity index (χ0v) is 15.7. The Bertz CT molecular complexity index is 508. The number of ether oxygens (including phenoxy) is 1. The average Bonchev–Trinajstić information content (AvgIpc) is 3.40. The molecule has 2 saturated heterocycles. The van der Waals surface area contributed by atoms with Gasteiger partial charge in [0.2, 0.25) is 0 Å². The molecule has 0 aromatic rings. The van der Waals surface area contributed by atoms with E-state index in [0.717, 1.165) is 12.8 Å². The summed E-state index contributed by atoms with van der Waals surface area (Å²) < 4.78 is 5.19. The van der Waals surface area contributed by atoms with Crippen LogP contribution in [-0.2, 0) is 19.2 Å². The Hall–Kier alpha value is -0.770. The second kappa shape index (κ2) is 8.08. The summed E-state index contributed by atoms with van der Waals surface area (Å²) in [6, 6.07) is 0.280. The largest absolute Gasteiger partial charge is 0.364 e. The van der Waals surface area contributed by atoms with Gasteiger partial charge in [0.1, 0.15) is 12.5 Å². The number of rotatable bonds is 5. The minimum Gasteiger partial charge on any atom is -0.364 e. The van der Waals surface area contributed by atoms with Gasteiger partial charge in [-0.25, -0.2) is 0 Å². The minimum absolute atomic E-state index is 0.0110. The lowest BCUT2D eigenvalue weighted by molar-refractivity contribution is -0.134. The summed E-state index contributed by atoms with van der Waals surface area (Å²) in [5.74, 6) is 1.87. The van der Waals surface area contributed by atoms with Crippen LogP contribution in [-0.4, -0.2) is 43.8 Å². The molecule has 2 aliphatic heterocycles. The highest BCUT2D eigenvalue weighted by atomic mass is 16.7. The van der Waals surface area contributed by atoms with E-state index in [1.54, 1.807) is 7.11 Å². The third kappa shape index (κ3) is 3.76. The summed E-state index contributed by atoms with van der Waals surface area (Å²) >= 11 is 0. The number of hydrogen-bond donors (Lipinski definition) is 4. The van der Waals surface area contributed by atoms with E-state index in [1.165, 1.54) is 25.7 Å². The van der Waals surface area contributed by atoms with Crippen LogP contribution in [0.4, 0.5) is 0 Å². The molecule has 148 valence electrons. The molecule has 0 radical (unpaired) electrons. The molecule has 4 aliphatic rings. The van der Waals surface area contributed by atoms with Crippen LogP contribution in [0.3, 0.4) is 0 Å².